The lowest BCUT2D eigenvalue weighted by Crippen LogP contribution is -2.48. The van der Waals surface area contributed by atoms with Crippen molar-refractivity contribution in [1.82, 2.24) is 14.9 Å². The number of carbonyl (C=O) groups is 1. The number of carbonyl (C=O) groups excluding carboxylic acids is 1. The standard InChI is InChI=1S/C25H29N5OS/c1-18(31)28-25-23(19-8-2-3-10-21(19)32-25)24(20-9-4-6-12-26-20)30-16-14-29(15-17-30)22-11-5-7-13-27-22/h4-7,9,11-13,24H,2-3,8,10,14-17H2,1H3,(H,28,31)/t24-/m1/s1. The predicted molar refractivity (Wildman–Crippen MR) is 129 cm³/mol. The molecule has 0 saturated carbocycles. The molecular formula is C25H29N5OS. The van der Waals surface area contributed by atoms with Gasteiger partial charge in [0, 0.05) is 55.9 Å². The number of rotatable bonds is 5. The van der Waals surface area contributed by atoms with E-state index in [0.717, 1.165) is 55.5 Å². The third-order valence-corrected chi connectivity index (χ3v) is 7.62. The minimum Gasteiger partial charge on any atom is -0.354 e. The van der Waals surface area contributed by atoms with Gasteiger partial charge in [0.25, 0.3) is 0 Å². The minimum absolute atomic E-state index is 0.00964. The molecule has 0 unspecified atom stereocenters. The second kappa shape index (κ2) is 9.38. The first-order valence-corrected chi connectivity index (χ1v) is 12.3. The molecule has 3 aromatic rings. The second-order valence-electron chi connectivity index (χ2n) is 8.50. The maximum Gasteiger partial charge on any atom is 0.221 e. The van der Waals surface area contributed by atoms with Gasteiger partial charge >= 0.3 is 0 Å². The van der Waals surface area contributed by atoms with E-state index in [1.807, 2.05) is 30.6 Å². The number of anilines is 2. The van der Waals surface area contributed by atoms with Gasteiger partial charge in [-0.3, -0.25) is 14.7 Å². The van der Waals surface area contributed by atoms with E-state index < -0.39 is 0 Å². The van der Waals surface area contributed by atoms with E-state index >= 15 is 0 Å². The molecule has 1 fully saturated rings. The molecule has 1 aliphatic carbocycles. The zero-order valence-corrected chi connectivity index (χ0v) is 19.3. The van der Waals surface area contributed by atoms with Crippen molar-refractivity contribution in [2.45, 2.75) is 38.6 Å². The summed E-state index contributed by atoms with van der Waals surface area (Å²) in [5.41, 5.74) is 3.76. The Labute approximate surface area is 193 Å². The molecule has 32 heavy (non-hydrogen) atoms. The molecule has 7 heteroatoms. The Balaban J connectivity index is 1.51. The molecule has 6 nitrogen and oxygen atoms in total. The molecular weight excluding hydrogens is 418 g/mol. The van der Waals surface area contributed by atoms with Crippen LogP contribution in [-0.2, 0) is 17.6 Å². The Hall–Kier alpha value is -2.77. The average Bonchev–Trinajstić information content (AvgIpc) is 3.18. The summed E-state index contributed by atoms with van der Waals surface area (Å²) in [5, 5.41) is 4.17. The number of amides is 1. The summed E-state index contributed by atoms with van der Waals surface area (Å²) in [5.74, 6) is 1.03. The number of pyridine rings is 2. The van der Waals surface area contributed by atoms with Crippen molar-refractivity contribution in [2.24, 2.45) is 0 Å². The third kappa shape index (κ3) is 4.27. The van der Waals surface area contributed by atoms with Crippen LogP contribution in [0, 0.1) is 0 Å². The van der Waals surface area contributed by atoms with Crippen molar-refractivity contribution in [3.63, 3.8) is 0 Å². The molecule has 1 saturated heterocycles. The van der Waals surface area contributed by atoms with E-state index in [1.54, 1.807) is 18.3 Å². The molecule has 0 radical (unpaired) electrons. The topological polar surface area (TPSA) is 61.4 Å². The average molecular weight is 448 g/mol. The lowest BCUT2D eigenvalue weighted by atomic mass is 9.90. The smallest absolute Gasteiger partial charge is 0.221 e. The molecule has 3 aromatic heterocycles. The zero-order valence-electron chi connectivity index (χ0n) is 18.5. The van der Waals surface area contributed by atoms with Crippen LogP contribution in [0.5, 0.6) is 0 Å². The number of hydrogen-bond acceptors (Lipinski definition) is 6. The maximum atomic E-state index is 12.1. The molecule has 0 aromatic carbocycles. The van der Waals surface area contributed by atoms with E-state index in [0.29, 0.717) is 0 Å². The number of fused-ring (bicyclic) bond motifs is 1. The highest BCUT2D eigenvalue weighted by atomic mass is 32.1. The summed E-state index contributed by atoms with van der Waals surface area (Å²) in [6.45, 7) is 5.28. The molecule has 1 amide bonds. The van der Waals surface area contributed by atoms with Crippen molar-refractivity contribution in [3.8, 4) is 0 Å². The van der Waals surface area contributed by atoms with Crippen LogP contribution in [0.1, 0.15) is 47.5 Å². The van der Waals surface area contributed by atoms with Crippen LogP contribution in [0.4, 0.5) is 10.8 Å². The Kier molecular flexibility index (Phi) is 6.19. The van der Waals surface area contributed by atoms with Crippen LogP contribution in [-0.4, -0.2) is 47.0 Å². The van der Waals surface area contributed by atoms with Gasteiger partial charge in [0.2, 0.25) is 5.91 Å². The van der Waals surface area contributed by atoms with E-state index in [2.05, 4.69) is 38.3 Å². The van der Waals surface area contributed by atoms with E-state index in [1.165, 1.54) is 28.8 Å². The fourth-order valence-corrected chi connectivity index (χ4v) is 6.31. The quantitative estimate of drug-likeness (QED) is 0.632. The van der Waals surface area contributed by atoms with Gasteiger partial charge in [0.15, 0.2) is 0 Å². The van der Waals surface area contributed by atoms with Crippen molar-refractivity contribution in [2.75, 3.05) is 36.4 Å². The first-order valence-electron chi connectivity index (χ1n) is 11.4. The van der Waals surface area contributed by atoms with Crippen molar-refractivity contribution in [3.05, 3.63) is 70.5 Å². The van der Waals surface area contributed by atoms with Crippen LogP contribution in [0.2, 0.25) is 0 Å². The first-order chi connectivity index (χ1) is 15.7. The van der Waals surface area contributed by atoms with Gasteiger partial charge in [-0.15, -0.1) is 11.3 Å². The summed E-state index contributed by atoms with van der Waals surface area (Å²) < 4.78 is 0. The predicted octanol–water partition coefficient (Wildman–Crippen LogP) is 4.29. The number of nitrogens with one attached hydrogen (secondary N) is 1. The molecule has 5 rings (SSSR count). The summed E-state index contributed by atoms with van der Waals surface area (Å²) in [6.07, 6.45) is 8.36. The number of aromatic nitrogens is 2. The van der Waals surface area contributed by atoms with E-state index in [4.69, 9.17) is 4.98 Å². The number of aryl methyl sites for hydroxylation is 1. The van der Waals surface area contributed by atoms with Gasteiger partial charge in [-0.05, 0) is 55.5 Å². The Morgan fingerprint density at radius 3 is 2.44 bits per heavy atom. The molecule has 1 aliphatic heterocycles. The molecule has 1 N–H and O–H groups in total. The minimum atomic E-state index is -0.00964. The molecule has 4 heterocycles. The number of piperazine rings is 1. The van der Waals surface area contributed by atoms with Crippen LogP contribution in [0.3, 0.4) is 0 Å². The fraction of sp³-hybridized carbons (Fsp3) is 0.400. The van der Waals surface area contributed by atoms with Gasteiger partial charge < -0.3 is 10.2 Å². The fourth-order valence-electron chi connectivity index (χ4n) is 4.94. The molecule has 166 valence electrons. The van der Waals surface area contributed by atoms with Crippen molar-refractivity contribution < 1.29 is 4.79 Å². The molecule has 0 spiro atoms. The number of thiophene rings is 1. The highest BCUT2D eigenvalue weighted by Crippen LogP contribution is 2.45. The zero-order chi connectivity index (χ0) is 21.9. The SMILES string of the molecule is CC(=O)Nc1sc2c(c1[C@@H](c1ccccn1)N1CCN(c3ccccn3)CC1)CCCC2. The summed E-state index contributed by atoms with van der Waals surface area (Å²) >= 11 is 1.77. The van der Waals surface area contributed by atoms with Gasteiger partial charge in [-0.25, -0.2) is 4.98 Å². The lowest BCUT2D eigenvalue weighted by Gasteiger charge is -2.40. The molecule has 2 aliphatic rings. The van der Waals surface area contributed by atoms with Crippen LogP contribution in [0.25, 0.3) is 0 Å². The Bertz CT molecular complexity index is 1060. The first kappa shape index (κ1) is 21.1. The van der Waals surface area contributed by atoms with Crippen LogP contribution < -0.4 is 10.2 Å². The van der Waals surface area contributed by atoms with E-state index in [-0.39, 0.29) is 11.9 Å². The van der Waals surface area contributed by atoms with Gasteiger partial charge in [0.05, 0.1) is 11.7 Å². The van der Waals surface area contributed by atoms with Gasteiger partial charge in [0.1, 0.15) is 10.8 Å². The normalized spacial score (nSPS) is 17.6. The second-order valence-corrected chi connectivity index (χ2v) is 9.61. The largest absolute Gasteiger partial charge is 0.354 e. The highest BCUT2D eigenvalue weighted by Gasteiger charge is 2.34. The Morgan fingerprint density at radius 2 is 1.75 bits per heavy atom. The lowest BCUT2D eigenvalue weighted by molar-refractivity contribution is -0.114. The molecule has 0 bridgehead atoms. The van der Waals surface area contributed by atoms with Gasteiger partial charge in [-0.2, -0.15) is 0 Å². The maximum absolute atomic E-state index is 12.1. The summed E-state index contributed by atoms with van der Waals surface area (Å²) in [7, 11) is 0. The Morgan fingerprint density at radius 1 is 1.00 bits per heavy atom. The van der Waals surface area contributed by atoms with E-state index in [9.17, 15) is 4.79 Å². The van der Waals surface area contributed by atoms with Crippen molar-refractivity contribution >= 4 is 28.1 Å². The summed E-state index contributed by atoms with van der Waals surface area (Å²) in [6, 6.07) is 12.3. The number of hydrogen-bond donors (Lipinski definition) is 1. The van der Waals surface area contributed by atoms with Gasteiger partial charge in [-0.1, -0.05) is 12.1 Å². The number of nitrogens with zero attached hydrogens (tertiary/aromatic N) is 4. The molecule has 1 atom stereocenters. The van der Waals surface area contributed by atoms with Crippen molar-refractivity contribution in [1.29, 1.82) is 0 Å². The summed E-state index contributed by atoms with van der Waals surface area (Å²) in [4.78, 5) is 27.7. The van der Waals surface area contributed by atoms with Crippen LogP contribution >= 0.6 is 11.3 Å². The highest BCUT2D eigenvalue weighted by molar-refractivity contribution is 7.16. The third-order valence-electron chi connectivity index (χ3n) is 6.40. The monoisotopic (exact) mass is 447 g/mol. The van der Waals surface area contributed by atoms with Crippen LogP contribution in [0.15, 0.2) is 48.8 Å².